The van der Waals surface area contributed by atoms with Gasteiger partial charge in [-0.2, -0.15) is 0 Å². The standard InChI is InChI=1S/C4H2Cl2N2O2S.Na/c5-3-2(11(9)10)1-7-4(6)8-3;/h1H,(H,9,10);/q;+1/p-1. The molecule has 0 aliphatic heterocycles. The van der Waals surface area contributed by atoms with Gasteiger partial charge in [-0.1, -0.05) is 11.6 Å². The van der Waals surface area contributed by atoms with E-state index in [1.165, 1.54) is 0 Å². The van der Waals surface area contributed by atoms with E-state index in [1.807, 2.05) is 0 Å². The van der Waals surface area contributed by atoms with Crippen molar-refractivity contribution in [2.24, 2.45) is 0 Å². The number of aromatic nitrogens is 2. The number of rotatable bonds is 1. The van der Waals surface area contributed by atoms with Crippen molar-refractivity contribution in [3.63, 3.8) is 0 Å². The van der Waals surface area contributed by atoms with Crippen LogP contribution in [0.2, 0.25) is 10.4 Å². The first kappa shape index (κ1) is 12.8. The van der Waals surface area contributed by atoms with Crippen molar-refractivity contribution in [3.8, 4) is 0 Å². The van der Waals surface area contributed by atoms with Crippen LogP contribution in [0.25, 0.3) is 0 Å². The summed E-state index contributed by atoms with van der Waals surface area (Å²) in [4.78, 5) is 6.70. The Morgan fingerprint density at radius 3 is 2.50 bits per heavy atom. The van der Waals surface area contributed by atoms with E-state index in [9.17, 15) is 8.76 Å². The third kappa shape index (κ3) is 3.26. The topological polar surface area (TPSA) is 65.9 Å². The fourth-order valence-electron chi connectivity index (χ4n) is 0.442. The molecule has 0 N–H and O–H groups in total. The molecule has 0 radical (unpaired) electrons. The van der Waals surface area contributed by atoms with E-state index in [-0.39, 0.29) is 44.9 Å². The molecule has 1 aromatic rings. The van der Waals surface area contributed by atoms with Crippen LogP contribution in [0.15, 0.2) is 11.1 Å². The van der Waals surface area contributed by atoms with Crippen LogP contribution in [-0.4, -0.2) is 18.7 Å². The molecule has 1 heterocycles. The normalized spacial score (nSPS) is 11.9. The van der Waals surface area contributed by atoms with Crippen LogP contribution in [0.5, 0.6) is 0 Å². The summed E-state index contributed by atoms with van der Waals surface area (Å²) < 4.78 is 20.7. The minimum Gasteiger partial charge on any atom is -0.768 e. The maximum Gasteiger partial charge on any atom is 1.00 e. The molecule has 0 spiro atoms. The number of halogens is 2. The summed E-state index contributed by atoms with van der Waals surface area (Å²) in [5, 5.41) is -0.248. The molecule has 12 heavy (non-hydrogen) atoms. The first-order valence-corrected chi connectivity index (χ1v) is 4.21. The average molecular weight is 235 g/mol. The Balaban J connectivity index is 0.00000121. The Kier molecular flexibility index (Phi) is 5.84. The molecule has 1 unspecified atom stereocenters. The minimum atomic E-state index is -2.41. The zero-order chi connectivity index (χ0) is 8.43. The van der Waals surface area contributed by atoms with E-state index >= 15 is 0 Å². The predicted octanol–water partition coefficient (Wildman–Crippen LogP) is -1.97. The Labute approximate surface area is 103 Å². The summed E-state index contributed by atoms with van der Waals surface area (Å²) in [6.45, 7) is 0. The van der Waals surface area contributed by atoms with Crippen molar-refractivity contribution in [2.75, 3.05) is 0 Å². The molecule has 0 saturated heterocycles. The van der Waals surface area contributed by atoms with Gasteiger partial charge in [0.05, 0.1) is 4.90 Å². The van der Waals surface area contributed by atoms with Crippen LogP contribution in [0.3, 0.4) is 0 Å². The molecule has 0 aliphatic rings. The summed E-state index contributed by atoms with van der Waals surface area (Å²) >= 11 is 8.30. The van der Waals surface area contributed by atoms with Gasteiger partial charge in [-0.25, -0.2) is 9.97 Å². The second-order valence-electron chi connectivity index (χ2n) is 1.53. The molecule has 1 rings (SSSR count). The fraction of sp³-hybridized carbons (Fsp3) is 0. The van der Waals surface area contributed by atoms with Gasteiger partial charge in [-0.15, -0.1) is 0 Å². The Morgan fingerprint density at radius 2 is 2.08 bits per heavy atom. The first-order valence-electron chi connectivity index (χ1n) is 2.38. The molecule has 0 bridgehead atoms. The van der Waals surface area contributed by atoms with Gasteiger partial charge in [0.1, 0.15) is 5.15 Å². The third-order valence-electron chi connectivity index (χ3n) is 0.862. The molecule has 0 aliphatic carbocycles. The number of nitrogens with zero attached hydrogens (tertiary/aromatic N) is 2. The third-order valence-corrected chi connectivity index (χ3v) is 2.10. The van der Waals surface area contributed by atoms with Crippen molar-refractivity contribution >= 4 is 34.3 Å². The van der Waals surface area contributed by atoms with Crippen LogP contribution in [-0.2, 0) is 11.1 Å². The largest absolute Gasteiger partial charge is 1.00 e. The van der Waals surface area contributed by atoms with E-state index in [0.29, 0.717) is 0 Å². The molecular weight excluding hydrogens is 234 g/mol. The van der Waals surface area contributed by atoms with Gasteiger partial charge < -0.3 is 4.55 Å². The first-order chi connectivity index (χ1) is 5.11. The van der Waals surface area contributed by atoms with Gasteiger partial charge in [-0.05, 0) is 22.7 Å². The maximum atomic E-state index is 10.3. The minimum absolute atomic E-state index is 0. The van der Waals surface area contributed by atoms with Gasteiger partial charge in [0.15, 0.2) is 0 Å². The molecule has 0 fully saturated rings. The molecule has 1 aromatic heterocycles. The quantitative estimate of drug-likeness (QED) is 0.245. The van der Waals surface area contributed by atoms with Gasteiger partial charge in [0.2, 0.25) is 5.28 Å². The molecule has 0 saturated carbocycles. The zero-order valence-corrected chi connectivity index (χ0v) is 10.3. The van der Waals surface area contributed by atoms with Crippen molar-refractivity contribution in [1.29, 1.82) is 0 Å². The summed E-state index contributed by atoms with van der Waals surface area (Å²) in [5.74, 6) is 0. The molecule has 4 nitrogen and oxygen atoms in total. The second kappa shape index (κ2) is 5.49. The molecule has 0 aromatic carbocycles. The summed E-state index contributed by atoms with van der Waals surface area (Å²) in [6.07, 6.45) is 1.04. The van der Waals surface area contributed by atoms with E-state index in [1.54, 1.807) is 0 Å². The zero-order valence-electron chi connectivity index (χ0n) is 5.95. The van der Waals surface area contributed by atoms with Gasteiger partial charge >= 0.3 is 29.6 Å². The monoisotopic (exact) mass is 234 g/mol. The van der Waals surface area contributed by atoms with Gasteiger partial charge in [0.25, 0.3) is 0 Å². The van der Waals surface area contributed by atoms with E-state index in [4.69, 9.17) is 23.2 Å². The molecule has 60 valence electrons. The van der Waals surface area contributed by atoms with Crippen LogP contribution in [0.1, 0.15) is 0 Å². The van der Waals surface area contributed by atoms with Gasteiger partial charge in [-0.3, -0.25) is 4.21 Å². The fourth-order valence-corrected chi connectivity index (χ4v) is 1.26. The summed E-state index contributed by atoms with van der Waals surface area (Å²) in [6, 6.07) is 0. The summed E-state index contributed by atoms with van der Waals surface area (Å²) in [7, 11) is 0. The van der Waals surface area contributed by atoms with Crippen molar-refractivity contribution in [3.05, 3.63) is 16.6 Å². The Bertz CT molecular complexity index is 311. The molecule has 1 atom stereocenters. The molecule has 8 heteroatoms. The second-order valence-corrected chi connectivity index (χ2v) is 3.13. The van der Waals surface area contributed by atoms with Gasteiger partial charge in [0, 0.05) is 6.20 Å². The van der Waals surface area contributed by atoms with Crippen molar-refractivity contribution in [1.82, 2.24) is 9.97 Å². The van der Waals surface area contributed by atoms with E-state index in [2.05, 4.69) is 9.97 Å². The molecule has 0 amide bonds. The number of hydrogen-bond acceptors (Lipinski definition) is 4. The summed E-state index contributed by atoms with van der Waals surface area (Å²) in [5.41, 5.74) is 0. The van der Waals surface area contributed by atoms with E-state index in [0.717, 1.165) is 6.20 Å². The SMILES string of the molecule is O=S([O-])c1cnc(Cl)nc1Cl.[Na+]. The van der Waals surface area contributed by atoms with Crippen LogP contribution < -0.4 is 29.6 Å². The maximum absolute atomic E-state index is 10.3. The van der Waals surface area contributed by atoms with Crippen LogP contribution in [0, 0.1) is 0 Å². The Morgan fingerprint density at radius 1 is 1.50 bits per heavy atom. The van der Waals surface area contributed by atoms with Crippen molar-refractivity contribution < 1.29 is 38.3 Å². The number of hydrogen-bond donors (Lipinski definition) is 0. The molecular formula is C4HCl2N2NaO2S. The van der Waals surface area contributed by atoms with Crippen LogP contribution in [0.4, 0.5) is 0 Å². The van der Waals surface area contributed by atoms with Crippen molar-refractivity contribution in [2.45, 2.75) is 4.90 Å². The Hall–Kier alpha value is 0.770. The smallest absolute Gasteiger partial charge is 0.768 e. The van der Waals surface area contributed by atoms with Crippen LogP contribution >= 0.6 is 23.2 Å². The van der Waals surface area contributed by atoms with E-state index < -0.39 is 11.1 Å². The average Bonchev–Trinajstić information content (AvgIpc) is 1.85. The predicted molar refractivity (Wildman–Crippen MR) is 39.2 cm³/mol.